The van der Waals surface area contributed by atoms with Crippen LogP contribution in [0.4, 0.5) is 4.39 Å². The summed E-state index contributed by atoms with van der Waals surface area (Å²) in [5.41, 5.74) is 0.887. The minimum atomic E-state index is -0.248. The largest absolute Gasteiger partial charge is 0.243 e. The van der Waals surface area contributed by atoms with E-state index in [4.69, 9.17) is 6.42 Å². The van der Waals surface area contributed by atoms with Crippen LogP contribution in [0.3, 0.4) is 0 Å². The molecule has 0 unspecified atom stereocenters. The average molecular weight is 203 g/mol. The lowest BCUT2D eigenvalue weighted by Crippen LogP contribution is -1.76. The summed E-state index contributed by atoms with van der Waals surface area (Å²) < 4.78 is 12.6. The molecule has 0 saturated heterocycles. The summed E-state index contributed by atoms with van der Waals surface area (Å²) >= 11 is 1.42. The fraction of sp³-hybridized carbons (Fsp3) is 0. The number of terminal acetylenes is 1. The third kappa shape index (κ3) is 1.66. The van der Waals surface area contributed by atoms with Crippen LogP contribution in [0.2, 0.25) is 0 Å². The Morgan fingerprint density at radius 1 is 1.29 bits per heavy atom. The second kappa shape index (κ2) is 3.60. The van der Waals surface area contributed by atoms with Gasteiger partial charge in [0.2, 0.25) is 0 Å². The quantitative estimate of drug-likeness (QED) is 0.649. The van der Waals surface area contributed by atoms with Crippen molar-refractivity contribution >= 4 is 11.3 Å². The topological polar surface area (TPSA) is 12.9 Å². The summed E-state index contributed by atoms with van der Waals surface area (Å²) in [7, 11) is 0. The first kappa shape index (κ1) is 8.92. The van der Waals surface area contributed by atoms with Crippen LogP contribution in [-0.4, -0.2) is 4.98 Å². The molecule has 2 aromatic rings. The lowest BCUT2D eigenvalue weighted by atomic mass is 10.2. The fourth-order valence-corrected chi connectivity index (χ4v) is 1.80. The van der Waals surface area contributed by atoms with Crippen molar-refractivity contribution in [1.82, 2.24) is 4.98 Å². The molecular weight excluding hydrogens is 197 g/mol. The van der Waals surface area contributed by atoms with Gasteiger partial charge >= 0.3 is 0 Å². The standard InChI is InChI=1S/C11H6FNS/c1-2-10-7-13-11(14-10)8-3-5-9(12)6-4-8/h1,3-7H. The van der Waals surface area contributed by atoms with Crippen molar-refractivity contribution in [2.24, 2.45) is 0 Å². The van der Waals surface area contributed by atoms with E-state index in [1.54, 1.807) is 18.3 Å². The van der Waals surface area contributed by atoms with E-state index < -0.39 is 0 Å². The zero-order valence-corrected chi connectivity index (χ0v) is 8.01. The Morgan fingerprint density at radius 2 is 2.00 bits per heavy atom. The highest BCUT2D eigenvalue weighted by atomic mass is 32.1. The van der Waals surface area contributed by atoms with Crippen LogP contribution in [0.25, 0.3) is 10.6 Å². The molecule has 1 aromatic carbocycles. The molecule has 3 heteroatoms. The molecule has 1 heterocycles. The minimum Gasteiger partial charge on any atom is -0.243 e. The zero-order chi connectivity index (χ0) is 9.97. The number of rotatable bonds is 1. The average Bonchev–Trinajstić information content (AvgIpc) is 2.67. The smallest absolute Gasteiger partial charge is 0.124 e. The molecule has 0 bridgehead atoms. The summed E-state index contributed by atoms with van der Waals surface area (Å²) in [6, 6.07) is 6.20. The summed E-state index contributed by atoms with van der Waals surface area (Å²) in [4.78, 5) is 4.92. The maximum Gasteiger partial charge on any atom is 0.124 e. The van der Waals surface area contributed by atoms with Gasteiger partial charge in [-0.05, 0) is 24.3 Å². The van der Waals surface area contributed by atoms with Crippen molar-refractivity contribution in [3.05, 3.63) is 41.2 Å². The molecule has 0 aliphatic heterocycles. The highest BCUT2D eigenvalue weighted by Gasteiger charge is 2.02. The Balaban J connectivity index is 2.40. The van der Waals surface area contributed by atoms with E-state index in [0.29, 0.717) is 0 Å². The van der Waals surface area contributed by atoms with Crippen LogP contribution >= 0.6 is 11.3 Å². The van der Waals surface area contributed by atoms with E-state index in [-0.39, 0.29) is 5.82 Å². The van der Waals surface area contributed by atoms with Gasteiger partial charge in [0.25, 0.3) is 0 Å². The molecule has 0 N–H and O–H groups in total. The van der Waals surface area contributed by atoms with Gasteiger partial charge in [-0.1, -0.05) is 5.92 Å². The van der Waals surface area contributed by atoms with Gasteiger partial charge in [0.15, 0.2) is 0 Å². The normalized spacial score (nSPS) is 9.71. The molecule has 2 rings (SSSR count). The SMILES string of the molecule is C#Cc1cnc(-c2ccc(F)cc2)s1. The van der Waals surface area contributed by atoms with E-state index >= 15 is 0 Å². The molecule has 0 atom stereocenters. The first-order chi connectivity index (χ1) is 6.79. The molecule has 68 valence electrons. The molecule has 14 heavy (non-hydrogen) atoms. The second-order valence-corrected chi connectivity index (χ2v) is 3.71. The van der Waals surface area contributed by atoms with Gasteiger partial charge in [-0.2, -0.15) is 0 Å². The van der Waals surface area contributed by atoms with Gasteiger partial charge < -0.3 is 0 Å². The lowest BCUT2D eigenvalue weighted by molar-refractivity contribution is 0.628. The number of thiazole rings is 1. The highest BCUT2D eigenvalue weighted by Crippen LogP contribution is 2.24. The zero-order valence-electron chi connectivity index (χ0n) is 7.20. The van der Waals surface area contributed by atoms with Gasteiger partial charge in [0.05, 0.1) is 11.1 Å². The number of nitrogens with zero attached hydrogens (tertiary/aromatic N) is 1. The third-order valence-corrected chi connectivity index (χ3v) is 2.72. The summed E-state index contributed by atoms with van der Waals surface area (Å²) in [5.74, 6) is 2.26. The summed E-state index contributed by atoms with van der Waals surface area (Å²) in [6.07, 6.45) is 6.87. The Morgan fingerprint density at radius 3 is 2.57 bits per heavy atom. The predicted octanol–water partition coefficient (Wildman–Crippen LogP) is 2.93. The third-order valence-electron chi connectivity index (χ3n) is 1.74. The Bertz CT molecular complexity index is 479. The number of hydrogen-bond acceptors (Lipinski definition) is 2. The monoisotopic (exact) mass is 203 g/mol. The molecule has 0 aliphatic rings. The first-order valence-electron chi connectivity index (χ1n) is 3.98. The molecule has 0 fully saturated rings. The van der Waals surface area contributed by atoms with Gasteiger partial charge in [-0.3, -0.25) is 0 Å². The van der Waals surface area contributed by atoms with Crippen molar-refractivity contribution in [2.75, 3.05) is 0 Å². The highest BCUT2D eigenvalue weighted by molar-refractivity contribution is 7.15. The molecule has 0 saturated carbocycles. The molecule has 0 radical (unpaired) electrons. The van der Waals surface area contributed by atoms with E-state index in [0.717, 1.165) is 15.4 Å². The second-order valence-electron chi connectivity index (χ2n) is 2.68. The maximum atomic E-state index is 12.6. The molecule has 1 aromatic heterocycles. The predicted molar refractivity (Wildman–Crippen MR) is 55.4 cm³/mol. The number of benzene rings is 1. The van der Waals surface area contributed by atoms with E-state index in [9.17, 15) is 4.39 Å². The Hall–Kier alpha value is -1.66. The number of hydrogen-bond donors (Lipinski definition) is 0. The van der Waals surface area contributed by atoms with Crippen molar-refractivity contribution in [3.63, 3.8) is 0 Å². The van der Waals surface area contributed by atoms with Crippen molar-refractivity contribution in [1.29, 1.82) is 0 Å². The number of aromatic nitrogens is 1. The minimum absolute atomic E-state index is 0.248. The van der Waals surface area contributed by atoms with Gasteiger partial charge in [-0.25, -0.2) is 9.37 Å². The van der Waals surface area contributed by atoms with Crippen LogP contribution in [0.15, 0.2) is 30.5 Å². The van der Waals surface area contributed by atoms with E-state index in [1.807, 2.05) is 0 Å². The van der Waals surface area contributed by atoms with Gasteiger partial charge in [-0.15, -0.1) is 17.8 Å². The first-order valence-corrected chi connectivity index (χ1v) is 4.79. The van der Waals surface area contributed by atoms with Crippen LogP contribution in [0.1, 0.15) is 4.88 Å². The van der Waals surface area contributed by atoms with Gasteiger partial charge in [0.1, 0.15) is 10.8 Å². The van der Waals surface area contributed by atoms with Gasteiger partial charge in [0, 0.05) is 5.56 Å². The molecule has 0 spiro atoms. The fourth-order valence-electron chi connectivity index (χ4n) is 1.07. The van der Waals surface area contributed by atoms with E-state index in [1.165, 1.54) is 23.5 Å². The molecule has 1 nitrogen and oxygen atoms in total. The van der Waals surface area contributed by atoms with Crippen LogP contribution < -0.4 is 0 Å². The van der Waals surface area contributed by atoms with E-state index in [2.05, 4.69) is 10.9 Å². The van der Waals surface area contributed by atoms with Crippen LogP contribution in [0.5, 0.6) is 0 Å². The Kier molecular flexibility index (Phi) is 2.30. The number of halogens is 1. The molecular formula is C11H6FNS. The maximum absolute atomic E-state index is 12.6. The van der Waals surface area contributed by atoms with Crippen LogP contribution in [0, 0.1) is 18.2 Å². The molecule has 0 aliphatic carbocycles. The molecule has 0 amide bonds. The lowest BCUT2D eigenvalue weighted by Gasteiger charge is -1.93. The summed E-state index contributed by atoms with van der Waals surface area (Å²) in [5, 5.41) is 0.818. The van der Waals surface area contributed by atoms with Crippen LogP contribution in [-0.2, 0) is 0 Å². The van der Waals surface area contributed by atoms with Crippen molar-refractivity contribution in [3.8, 4) is 22.9 Å². The van der Waals surface area contributed by atoms with Crippen molar-refractivity contribution < 1.29 is 4.39 Å². The Labute approximate surface area is 85.2 Å². The summed E-state index contributed by atoms with van der Waals surface area (Å²) in [6.45, 7) is 0. The van der Waals surface area contributed by atoms with Crippen molar-refractivity contribution in [2.45, 2.75) is 0 Å².